The number of nitrogens with zero attached hydrogens (tertiary/aromatic N) is 4. The maximum absolute atomic E-state index is 13.8. The van der Waals surface area contributed by atoms with Gasteiger partial charge in [0.15, 0.2) is 11.5 Å². The minimum Gasteiger partial charge on any atom is -0.493 e. The molecule has 0 aliphatic rings. The number of hydrazone groups is 1. The first-order valence-corrected chi connectivity index (χ1v) is 8.22. The van der Waals surface area contributed by atoms with E-state index in [1.54, 1.807) is 24.3 Å². The summed E-state index contributed by atoms with van der Waals surface area (Å²) in [6.07, 6.45) is 5.31. The SMILES string of the molecule is COc1ccc(/C=N\NC(=O)c2ccncc2)cc1Oc1nc(Cl)ncc1F. The Balaban J connectivity index is 1.77. The van der Waals surface area contributed by atoms with E-state index < -0.39 is 5.82 Å². The van der Waals surface area contributed by atoms with Gasteiger partial charge in [0.2, 0.25) is 11.1 Å². The van der Waals surface area contributed by atoms with Crippen molar-refractivity contribution >= 4 is 23.7 Å². The van der Waals surface area contributed by atoms with Crippen LogP contribution in [0.1, 0.15) is 15.9 Å². The van der Waals surface area contributed by atoms with Crippen LogP contribution in [0, 0.1) is 5.82 Å². The third kappa shape index (κ3) is 4.77. The number of carbonyl (C=O) groups is 1. The summed E-state index contributed by atoms with van der Waals surface area (Å²) >= 11 is 5.67. The van der Waals surface area contributed by atoms with Gasteiger partial charge in [-0.1, -0.05) is 0 Å². The number of methoxy groups -OCH3 is 1. The van der Waals surface area contributed by atoms with Crippen LogP contribution in [0.3, 0.4) is 0 Å². The highest BCUT2D eigenvalue weighted by molar-refractivity contribution is 6.28. The van der Waals surface area contributed by atoms with Crippen LogP contribution in [0.5, 0.6) is 17.4 Å². The van der Waals surface area contributed by atoms with Crippen LogP contribution < -0.4 is 14.9 Å². The summed E-state index contributed by atoms with van der Waals surface area (Å²) in [6.45, 7) is 0. The molecular weight excluding hydrogens is 389 g/mol. The number of rotatable bonds is 6. The monoisotopic (exact) mass is 401 g/mol. The zero-order chi connectivity index (χ0) is 19.9. The van der Waals surface area contributed by atoms with Gasteiger partial charge in [0.05, 0.1) is 19.5 Å². The Bertz CT molecular complexity index is 1020. The van der Waals surface area contributed by atoms with Crippen LogP contribution in [-0.2, 0) is 0 Å². The highest BCUT2D eigenvalue weighted by atomic mass is 35.5. The van der Waals surface area contributed by atoms with Crippen molar-refractivity contribution in [2.75, 3.05) is 7.11 Å². The fourth-order valence-corrected chi connectivity index (χ4v) is 2.22. The van der Waals surface area contributed by atoms with Gasteiger partial charge in [0.1, 0.15) is 0 Å². The number of pyridine rings is 1. The molecule has 0 aliphatic heterocycles. The molecule has 0 radical (unpaired) electrons. The second-order valence-electron chi connectivity index (χ2n) is 5.24. The molecule has 0 spiro atoms. The number of aromatic nitrogens is 3. The molecule has 10 heteroatoms. The molecule has 3 rings (SSSR count). The highest BCUT2D eigenvalue weighted by Crippen LogP contribution is 2.32. The number of carbonyl (C=O) groups excluding carboxylic acids is 1. The molecule has 142 valence electrons. The average Bonchev–Trinajstić information content (AvgIpc) is 2.71. The van der Waals surface area contributed by atoms with Gasteiger partial charge in [-0.25, -0.2) is 10.4 Å². The van der Waals surface area contributed by atoms with E-state index in [0.29, 0.717) is 16.9 Å². The lowest BCUT2D eigenvalue weighted by Crippen LogP contribution is -2.17. The minimum atomic E-state index is -0.782. The number of hydrogen-bond acceptors (Lipinski definition) is 7. The number of amides is 1. The van der Waals surface area contributed by atoms with Gasteiger partial charge in [-0.15, -0.1) is 0 Å². The standard InChI is InChI=1S/C18H13ClFN5O3/c1-27-14-3-2-11(9-23-25-16(26)12-4-6-21-7-5-12)8-15(14)28-17-13(20)10-22-18(19)24-17/h2-10H,1H3,(H,25,26)/b23-9-. The molecule has 0 bridgehead atoms. The van der Waals surface area contributed by atoms with Crippen LogP contribution in [-0.4, -0.2) is 34.2 Å². The number of halogens is 2. The molecular formula is C18H13ClFN5O3. The summed E-state index contributed by atoms with van der Waals surface area (Å²) in [5.74, 6) is -0.998. The van der Waals surface area contributed by atoms with Crippen LogP contribution >= 0.6 is 11.6 Å². The maximum Gasteiger partial charge on any atom is 0.271 e. The Morgan fingerprint density at radius 3 is 2.79 bits per heavy atom. The van der Waals surface area contributed by atoms with Gasteiger partial charge in [0, 0.05) is 18.0 Å². The van der Waals surface area contributed by atoms with Crippen molar-refractivity contribution < 1.29 is 18.7 Å². The summed E-state index contributed by atoms with van der Waals surface area (Å²) in [4.78, 5) is 23.0. The van der Waals surface area contributed by atoms with Crippen LogP contribution in [0.2, 0.25) is 5.28 Å². The van der Waals surface area contributed by atoms with E-state index in [4.69, 9.17) is 21.1 Å². The molecule has 0 saturated heterocycles. The smallest absolute Gasteiger partial charge is 0.271 e. The van der Waals surface area contributed by atoms with E-state index in [1.807, 2.05) is 0 Å². The van der Waals surface area contributed by atoms with Crippen molar-refractivity contribution in [2.24, 2.45) is 5.10 Å². The molecule has 0 unspecified atom stereocenters. The third-order valence-corrected chi connectivity index (χ3v) is 3.58. The summed E-state index contributed by atoms with van der Waals surface area (Å²) in [7, 11) is 1.44. The Morgan fingerprint density at radius 1 is 1.25 bits per heavy atom. The van der Waals surface area contributed by atoms with Gasteiger partial charge in [-0.05, 0) is 47.5 Å². The fraction of sp³-hybridized carbons (Fsp3) is 0.0556. The largest absolute Gasteiger partial charge is 0.493 e. The Morgan fingerprint density at radius 2 is 2.04 bits per heavy atom. The third-order valence-electron chi connectivity index (χ3n) is 3.40. The van der Waals surface area contributed by atoms with Crippen molar-refractivity contribution in [3.63, 3.8) is 0 Å². The van der Waals surface area contributed by atoms with Crippen molar-refractivity contribution in [1.29, 1.82) is 0 Å². The molecule has 0 saturated carbocycles. The van der Waals surface area contributed by atoms with E-state index in [1.165, 1.54) is 31.8 Å². The molecule has 0 fully saturated rings. The number of ether oxygens (including phenoxy) is 2. The predicted octanol–water partition coefficient (Wildman–Crippen LogP) is 3.23. The van der Waals surface area contributed by atoms with E-state index >= 15 is 0 Å². The van der Waals surface area contributed by atoms with E-state index in [2.05, 4.69) is 25.5 Å². The van der Waals surface area contributed by atoms with Crippen molar-refractivity contribution in [3.8, 4) is 17.4 Å². The van der Waals surface area contributed by atoms with Crippen molar-refractivity contribution in [1.82, 2.24) is 20.4 Å². The van der Waals surface area contributed by atoms with Crippen molar-refractivity contribution in [2.45, 2.75) is 0 Å². The fourth-order valence-electron chi connectivity index (χ4n) is 2.09. The maximum atomic E-state index is 13.8. The molecule has 2 heterocycles. The Kier molecular flexibility index (Phi) is 6.07. The van der Waals surface area contributed by atoms with Crippen molar-refractivity contribution in [3.05, 3.63) is 71.2 Å². The molecule has 1 aromatic carbocycles. The van der Waals surface area contributed by atoms with Gasteiger partial charge in [-0.2, -0.15) is 14.5 Å². The molecule has 0 atom stereocenters. The highest BCUT2D eigenvalue weighted by Gasteiger charge is 2.13. The second kappa shape index (κ2) is 8.87. The van der Waals surface area contributed by atoms with Crippen LogP contribution in [0.4, 0.5) is 4.39 Å². The van der Waals surface area contributed by atoms with E-state index in [-0.39, 0.29) is 22.8 Å². The lowest BCUT2D eigenvalue weighted by atomic mass is 10.2. The summed E-state index contributed by atoms with van der Waals surface area (Å²) < 4.78 is 24.5. The Hall–Kier alpha value is -3.59. The zero-order valence-electron chi connectivity index (χ0n) is 14.5. The summed E-state index contributed by atoms with van der Waals surface area (Å²) in [5.41, 5.74) is 3.37. The zero-order valence-corrected chi connectivity index (χ0v) is 15.2. The Labute approximate surface area is 164 Å². The van der Waals surface area contributed by atoms with E-state index in [9.17, 15) is 9.18 Å². The first kappa shape index (κ1) is 19.2. The summed E-state index contributed by atoms with van der Waals surface area (Å²) in [5, 5.41) is 3.73. The minimum absolute atomic E-state index is 0.160. The molecule has 1 amide bonds. The van der Waals surface area contributed by atoms with E-state index in [0.717, 1.165) is 6.20 Å². The predicted molar refractivity (Wildman–Crippen MR) is 99.4 cm³/mol. The topological polar surface area (TPSA) is 98.6 Å². The van der Waals surface area contributed by atoms with Crippen LogP contribution in [0.15, 0.2) is 54.0 Å². The molecule has 2 aromatic heterocycles. The summed E-state index contributed by atoms with van der Waals surface area (Å²) in [6, 6.07) is 7.94. The number of hydrogen-bond donors (Lipinski definition) is 1. The molecule has 28 heavy (non-hydrogen) atoms. The number of nitrogens with one attached hydrogen (secondary N) is 1. The van der Waals surface area contributed by atoms with Gasteiger partial charge < -0.3 is 9.47 Å². The average molecular weight is 402 g/mol. The normalized spacial score (nSPS) is 10.7. The first-order valence-electron chi connectivity index (χ1n) is 7.84. The second-order valence-corrected chi connectivity index (χ2v) is 5.58. The van der Waals surface area contributed by atoms with Gasteiger partial charge in [-0.3, -0.25) is 9.78 Å². The molecule has 1 N–H and O–H groups in total. The quantitative estimate of drug-likeness (QED) is 0.387. The molecule has 0 aliphatic carbocycles. The lowest BCUT2D eigenvalue weighted by Gasteiger charge is -2.10. The van der Waals surface area contributed by atoms with Gasteiger partial charge in [0.25, 0.3) is 11.8 Å². The van der Waals surface area contributed by atoms with Crippen LogP contribution in [0.25, 0.3) is 0 Å². The number of benzene rings is 1. The molecule has 8 nitrogen and oxygen atoms in total. The molecule has 3 aromatic rings. The van der Waals surface area contributed by atoms with Gasteiger partial charge >= 0.3 is 0 Å². The lowest BCUT2D eigenvalue weighted by molar-refractivity contribution is 0.0955. The first-order chi connectivity index (χ1) is 13.6.